The normalized spacial score (nSPS) is 9.00. The van der Waals surface area contributed by atoms with Gasteiger partial charge in [-0.3, -0.25) is 4.89 Å². The van der Waals surface area contributed by atoms with Crippen molar-refractivity contribution in [3.8, 4) is 0 Å². The lowest BCUT2D eigenvalue weighted by Gasteiger charge is -2.02. The maximum atomic E-state index is 10.6. The molecule has 9 heteroatoms. The molecule has 0 amide bonds. The number of carboxylic acids is 3. The van der Waals surface area contributed by atoms with Crippen LogP contribution >= 0.6 is 0 Å². The van der Waals surface area contributed by atoms with Gasteiger partial charge in [0, 0.05) is 5.57 Å². The Morgan fingerprint density at radius 1 is 0.955 bits per heavy atom. The van der Waals surface area contributed by atoms with Crippen LogP contribution in [0.3, 0.4) is 0 Å². The van der Waals surface area contributed by atoms with Crippen molar-refractivity contribution < 1.29 is 44.6 Å². The van der Waals surface area contributed by atoms with Crippen LogP contribution in [0.1, 0.15) is 38.0 Å². The van der Waals surface area contributed by atoms with Gasteiger partial charge in [0.2, 0.25) is 0 Å². The van der Waals surface area contributed by atoms with Crippen LogP contribution in [-0.2, 0) is 9.68 Å². The molecular formula is C13H12O9. The lowest BCUT2D eigenvalue weighted by Crippen LogP contribution is -2.10. The van der Waals surface area contributed by atoms with Crippen molar-refractivity contribution in [2.45, 2.75) is 6.92 Å². The van der Waals surface area contributed by atoms with E-state index in [1.807, 2.05) is 0 Å². The molecule has 0 aliphatic rings. The summed E-state index contributed by atoms with van der Waals surface area (Å²) in [6, 6.07) is 2.81. The van der Waals surface area contributed by atoms with Gasteiger partial charge in [-0.1, -0.05) is 6.58 Å². The quantitative estimate of drug-likeness (QED) is 0.365. The maximum absolute atomic E-state index is 10.6. The Balaban J connectivity index is 0.000000534. The molecule has 0 atom stereocenters. The molecule has 1 aromatic rings. The van der Waals surface area contributed by atoms with Gasteiger partial charge in [0.1, 0.15) is 0 Å². The average molecular weight is 312 g/mol. The van der Waals surface area contributed by atoms with Gasteiger partial charge in [-0.2, -0.15) is 5.26 Å². The predicted molar refractivity (Wildman–Crippen MR) is 70.9 cm³/mol. The van der Waals surface area contributed by atoms with Crippen molar-refractivity contribution in [2.75, 3.05) is 0 Å². The molecule has 0 aliphatic carbocycles. The lowest BCUT2D eigenvalue weighted by molar-refractivity contribution is -0.229. The average Bonchev–Trinajstić information content (AvgIpc) is 2.45. The molecule has 22 heavy (non-hydrogen) atoms. The number of hydrogen-bond acceptors (Lipinski definition) is 6. The molecule has 0 unspecified atom stereocenters. The Hall–Kier alpha value is -3.20. The molecule has 0 saturated carbocycles. The zero-order valence-electron chi connectivity index (χ0n) is 11.3. The van der Waals surface area contributed by atoms with Gasteiger partial charge in [-0.25, -0.2) is 19.2 Å². The van der Waals surface area contributed by atoms with Crippen molar-refractivity contribution in [3.05, 3.63) is 47.0 Å². The summed E-state index contributed by atoms with van der Waals surface area (Å²) in [5, 5.41) is 33.5. The fourth-order valence-electron chi connectivity index (χ4n) is 1.12. The van der Waals surface area contributed by atoms with Crippen molar-refractivity contribution in [2.24, 2.45) is 0 Å². The topological polar surface area (TPSA) is 158 Å². The third kappa shape index (κ3) is 5.43. The highest BCUT2D eigenvalue weighted by Crippen LogP contribution is 2.12. The first kappa shape index (κ1) is 18.8. The van der Waals surface area contributed by atoms with E-state index < -0.39 is 35.0 Å². The number of carbonyl (C=O) groups excluding carboxylic acids is 1. The van der Waals surface area contributed by atoms with Crippen LogP contribution in [0.15, 0.2) is 30.4 Å². The molecule has 0 saturated heterocycles. The summed E-state index contributed by atoms with van der Waals surface area (Å²) in [5.74, 6) is -4.99. The summed E-state index contributed by atoms with van der Waals surface area (Å²) in [6.07, 6.45) is 0. The fourth-order valence-corrected chi connectivity index (χ4v) is 1.12. The van der Waals surface area contributed by atoms with Crippen LogP contribution < -0.4 is 0 Å². The number of rotatable bonds is 4. The molecule has 0 radical (unpaired) electrons. The second-order valence-electron chi connectivity index (χ2n) is 3.83. The molecule has 0 fully saturated rings. The first-order chi connectivity index (χ1) is 10.1. The van der Waals surface area contributed by atoms with E-state index in [4.69, 9.17) is 20.6 Å². The van der Waals surface area contributed by atoms with Gasteiger partial charge in [0.25, 0.3) is 0 Å². The first-order valence-corrected chi connectivity index (χ1v) is 5.47. The zero-order valence-corrected chi connectivity index (χ0v) is 11.3. The van der Waals surface area contributed by atoms with E-state index in [1.54, 1.807) is 0 Å². The second kappa shape index (κ2) is 8.17. The standard InChI is InChI=1S/C9H6O6.C4H6O3/c10-7(11)4-1-2-5(8(12)13)6(3-4)9(14)15;1-3(2)4(5)7-6/h1-3H,(H,10,11)(H,12,13)(H,14,15);6H,1H2,2H3. The Kier molecular flexibility index (Phi) is 6.98. The molecule has 0 aliphatic heterocycles. The number of benzene rings is 1. The summed E-state index contributed by atoms with van der Waals surface area (Å²) in [4.78, 5) is 45.0. The minimum absolute atomic E-state index is 0.183. The SMILES string of the molecule is C=C(C)C(=O)OO.O=C(O)c1ccc(C(=O)O)c(C(=O)O)c1. The highest BCUT2D eigenvalue weighted by molar-refractivity contribution is 6.03. The molecule has 0 heterocycles. The fraction of sp³-hybridized carbons (Fsp3) is 0.0769. The number of hydrogen-bond donors (Lipinski definition) is 4. The minimum atomic E-state index is -1.48. The number of carbonyl (C=O) groups is 4. The van der Waals surface area contributed by atoms with Gasteiger partial charge in [0.05, 0.1) is 16.7 Å². The maximum Gasteiger partial charge on any atom is 0.367 e. The van der Waals surface area contributed by atoms with Crippen LogP contribution in [0.5, 0.6) is 0 Å². The van der Waals surface area contributed by atoms with E-state index in [1.165, 1.54) is 6.92 Å². The van der Waals surface area contributed by atoms with Crippen molar-refractivity contribution in [1.29, 1.82) is 0 Å². The van der Waals surface area contributed by atoms with E-state index in [-0.39, 0.29) is 11.1 Å². The van der Waals surface area contributed by atoms with E-state index in [0.717, 1.165) is 18.2 Å². The van der Waals surface area contributed by atoms with Crippen LogP contribution in [0, 0.1) is 0 Å². The molecular weight excluding hydrogens is 300 g/mol. The van der Waals surface area contributed by atoms with E-state index >= 15 is 0 Å². The van der Waals surface area contributed by atoms with Crippen molar-refractivity contribution in [3.63, 3.8) is 0 Å². The third-order valence-corrected chi connectivity index (χ3v) is 2.16. The molecule has 0 spiro atoms. The van der Waals surface area contributed by atoms with Gasteiger partial charge < -0.3 is 15.3 Å². The Bertz CT molecular complexity index is 630. The van der Waals surface area contributed by atoms with Crippen LogP contribution in [0.2, 0.25) is 0 Å². The Labute approximate surface area is 123 Å². The number of aromatic carboxylic acids is 3. The highest BCUT2D eigenvalue weighted by atomic mass is 17.1. The first-order valence-electron chi connectivity index (χ1n) is 5.47. The monoisotopic (exact) mass is 312 g/mol. The lowest BCUT2D eigenvalue weighted by atomic mass is 10.0. The van der Waals surface area contributed by atoms with E-state index in [9.17, 15) is 19.2 Å². The highest BCUT2D eigenvalue weighted by Gasteiger charge is 2.17. The van der Waals surface area contributed by atoms with Gasteiger partial charge >= 0.3 is 23.9 Å². The van der Waals surface area contributed by atoms with E-state index in [2.05, 4.69) is 11.5 Å². The summed E-state index contributed by atoms with van der Waals surface area (Å²) in [5.41, 5.74) is -1.06. The Morgan fingerprint density at radius 2 is 1.45 bits per heavy atom. The van der Waals surface area contributed by atoms with Crippen LogP contribution in [0.4, 0.5) is 0 Å². The summed E-state index contributed by atoms with van der Waals surface area (Å²) < 4.78 is 0. The van der Waals surface area contributed by atoms with Crippen LogP contribution in [0.25, 0.3) is 0 Å². The van der Waals surface area contributed by atoms with E-state index in [0.29, 0.717) is 0 Å². The van der Waals surface area contributed by atoms with Gasteiger partial charge in [-0.15, -0.1) is 0 Å². The molecule has 9 nitrogen and oxygen atoms in total. The molecule has 118 valence electrons. The molecule has 0 aromatic heterocycles. The zero-order chi connectivity index (χ0) is 17.4. The van der Waals surface area contributed by atoms with Crippen molar-refractivity contribution in [1.82, 2.24) is 0 Å². The largest absolute Gasteiger partial charge is 0.478 e. The summed E-state index contributed by atoms with van der Waals surface area (Å²) >= 11 is 0. The number of carboxylic acid groups (broad SMARTS) is 3. The Morgan fingerprint density at radius 3 is 1.73 bits per heavy atom. The molecule has 1 rings (SSSR count). The molecule has 0 bridgehead atoms. The van der Waals surface area contributed by atoms with Crippen LogP contribution in [-0.4, -0.2) is 44.5 Å². The van der Waals surface area contributed by atoms with Gasteiger partial charge in [-0.05, 0) is 25.1 Å². The second-order valence-corrected chi connectivity index (χ2v) is 3.83. The summed E-state index contributed by atoms with van der Waals surface area (Å²) in [7, 11) is 0. The molecule has 4 N–H and O–H groups in total. The van der Waals surface area contributed by atoms with Gasteiger partial charge in [0.15, 0.2) is 0 Å². The van der Waals surface area contributed by atoms with Crippen molar-refractivity contribution >= 4 is 23.9 Å². The predicted octanol–water partition coefficient (Wildman–Crippen LogP) is 1.36. The molecule has 1 aromatic carbocycles. The minimum Gasteiger partial charge on any atom is -0.478 e. The smallest absolute Gasteiger partial charge is 0.367 e. The summed E-state index contributed by atoms with van der Waals surface area (Å²) in [6.45, 7) is 4.63. The third-order valence-electron chi connectivity index (χ3n) is 2.16.